The van der Waals surface area contributed by atoms with E-state index in [2.05, 4.69) is 20.4 Å². The van der Waals surface area contributed by atoms with Crippen molar-refractivity contribution in [3.8, 4) is 5.88 Å². The molecule has 2 atom stereocenters. The van der Waals surface area contributed by atoms with Gasteiger partial charge in [0.25, 0.3) is 0 Å². The summed E-state index contributed by atoms with van der Waals surface area (Å²) in [5.74, 6) is 0.293. The SMILES string of the molecule is O=C(NCc1ccnc(OCC(F)(F)F)c1)[C@@]12CCCC[C@H]1CNC2. The van der Waals surface area contributed by atoms with Gasteiger partial charge in [0.2, 0.25) is 11.8 Å². The Balaban J connectivity index is 1.59. The summed E-state index contributed by atoms with van der Waals surface area (Å²) in [4.78, 5) is 16.5. The van der Waals surface area contributed by atoms with E-state index < -0.39 is 12.8 Å². The third kappa shape index (κ3) is 4.23. The summed E-state index contributed by atoms with van der Waals surface area (Å²) in [5.41, 5.74) is 0.316. The van der Waals surface area contributed by atoms with Crippen LogP contribution in [-0.4, -0.2) is 36.8 Å². The van der Waals surface area contributed by atoms with Crippen LogP contribution in [-0.2, 0) is 11.3 Å². The Morgan fingerprint density at radius 3 is 3.08 bits per heavy atom. The summed E-state index contributed by atoms with van der Waals surface area (Å²) < 4.78 is 41.3. The number of aromatic nitrogens is 1. The lowest BCUT2D eigenvalue weighted by Gasteiger charge is -2.37. The van der Waals surface area contributed by atoms with Crippen molar-refractivity contribution in [3.63, 3.8) is 0 Å². The van der Waals surface area contributed by atoms with Gasteiger partial charge in [-0.3, -0.25) is 4.79 Å². The quantitative estimate of drug-likeness (QED) is 0.850. The van der Waals surface area contributed by atoms with Crippen LogP contribution in [0.1, 0.15) is 31.2 Å². The molecule has 2 fully saturated rings. The standard InChI is InChI=1S/C17H22F3N3O2/c18-17(19,20)11-25-14-7-12(4-6-22-14)8-23-15(24)16-5-2-1-3-13(16)9-21-10-16/h4,6-7,13,21H,1-3,5,8-11H2,(H,23,24)/t13-,16+/m0/s1. The number of amides is 1. The number of ether oxygens (including phenoxy) is 1. The summed E-state index contributed by atoms with van der Waals surface area (Å²) in [6.45, 7) is 0.433. The average molecular weight is 357 g/mol. The molecule has 0 aromatic carbocycles. The van der Waals surface area contributed by atoms with E-state index in [1.165, 1.54) is 12.3 Å². The fourth-order valence-electron chi connectivity index (χ4n) is 3.84. The number of pyridine rings is 1. The molecule has 0 radical (unpaired) electrons. The maximum atomic E-state index is 12.8. The summed E-state index contributed by atoms with van der Waals surface area (Å²) in [6.07, 6.45) is 1.13. The predicted molar refractivity (Wildman–Crippen MR) is 84.9 cm³/mol. The third-order valence-electron chi connectivity index (χ3n) is 5.13. The van der Waals surface area contributed by atoms with Crippen LogP contribution in [0.3, 0.4) is 0 Å². The first kappa shape index (κ1) is 18.0. The fraction of sp³-hybridized carbons (Fsp3) is 0.647. The number of fused-ring (bicyclic) bond motifs is 1. The van der Waals surface area contributed by atoms with Crippen molar-refractivity contribution in [2.75, 3.05) is 19.7 Å². The van der Waals surface area contributed by atoms with E-state index in [0.717, 1.165) is 32.2 Å². The molecule has 1 amide bonds. The molecular weight excluding hydrogens is 335 g/mol. The van der Waals surface area contributed by atoms with Crippen LogP contribution in [0.2, 0.25) is 0 Å². The maximum absolute atomic E-state index is 12.8. The number of nitrogens with one attached hydrogen (secondary N) is 2. The Bertz CT molecular complexity index is 623. The topological polar surface area (TPSA) is 63.2 Å². The molecule has 0 spiro atoms. The first-order valence-corrected chi connectivity index (χ1v) is 8.53. The maximum Gasteiger partial charge on any atom is 0.422 e. The summed E-state index contributed by atoms with van der Waals surface area (Å²) in [7, 11) is 0. The Morgan fingerprint density at radius 1 is 1.44 bits per heavy atom. The predicted octanol–water partition coefficient (Wildman–Crippen LogP) is 2.42. The molecule has 138 valence electrons. The highest BCUT2D eigenvalue weighted by Crippen LogP contribution is 2.43. The Hall–Kier alpha value is -1.83. The number of hydrogen-bond acceptors (Lipinski definition) is 4. The second-order valence-electron chi connectivity index (χ2n) is 6.82. The molecule has 1 saturated carbocycles. The Morgan fingerprint density at radius 2 is 2.28 bits per heavy atom. The van der Waals surface area contributed by atoms with Gasteiger partial charge in [0, 0.05) is 25.4 Å². The van der Waals surface area contributed by atoms with Crippen molar-refractivity contribution in [2.45, 2.75) is 38.4 Å². The first-order valence-electron chi connectivity index (χ1n) is 8.53. The summed E-state index contributed by atoms with van der Waals surface area (Å²) >= 11 is 0. The van der Waals surface area contributed by atoms with Gasteiger partial charge in [0.1, 0.15) is 0 Å². The number of hydrogen-bond donors (Lipinski definition) is 2. The van der Waals surface area contributed by atoms with E-state index in [0.29, 0.717) is 18.0 Å². The zero-order valence-electron chi connectivity index (χ0n) is 13.9. The molecule has 1 aliphatic carbocycles. The van der Waals surface area contributed by atoms with E-state index in [4.69, 9.17) is 0 Å². The van der Waals surface area contributed by atoms with E-state index in [1.54, 1.807) is 6.07 Å². The lowest BCUT2D eigenvalue weighted by Crippen LogP contribution is -2.47. The minimum absolute atomic E-state index is 0.0248. The van der Waals surface area contributed by atoms with Crippen LogP contribution >= 0.6 is 0 Å². The van der Waals surface area contributed by atoms with Gasteiger partial charge in [-0.1, -0.05) is 12.8 Å². The molecular formula is C17H22F3N3O2. The van der Waals surface area contributed by atoms with E-state index >= 15 is 0 Å². The molecule has 2 N–H and O–H groups in total. The van der Waals surface area contributed by atoms with Crippen LogP contribution in [0.5, 0.6) is 5.88 Å². The zero-order chi connectivity index (χ0) is 17.9. The Kier molecular flexibility index (Phi) is 5.17. The molecule has 25 heavy (non-hydrogen) atoms. The smallest absolute Gasteiger partial charge is 0.422 e. The fourth-order valence-corrected chi connectivity index (χ4v) is 3.84. The van der Waals surface area contributed by atoms with Gasteiger partial charge in [-0.2, -0.15) is 13.2 Å². The van der Waals surface area contributed by atoms with Gasteiger partial charge < -0.3 is 15.4 Å². The van der Waals surface area contributed by atoms with Crippen molar-refractivity contribution in [1.29, 1.82) is 0 Å². The molecule has 0 unspecified atom stereocenters. The molecule has 1 aliphatic heterocycles. The molecule has 2 aliphatic rings. The lowest BCUT2D eigenvalue weighted by atomic mass is 9.67. The minimum Gasteiger partial charge on any atom is -0.468 e. The van der Waals surface area contributed by atoms with Gasteiger partial charge in [-0.25, -0.2) is 4.98 Å². The number of carbonyl (C=O) groups is 1. The van der Waals surface area contributed by atoms with Gasteiger partial charge in [-0.15, -0.1) is 0 Å². The van der Waals surface area contributed by atoms with Crippen molar-refractivity contribution >= 4 is 5.91 Å². The third-order valence-corrected chi connectivity index (χ3v) is 5.13. The van der Waals surface area contributed by atoms with Gasteiger partial charge in [-0.05, 0) is 36.9 Å². The average Bonchev–Trinajstić information content (AvgIpc) is 3.03. The highest BCUT2D eigenvalue weighted by atomic mass is 19.4. The molecule has 3 rings (SSSR count). The summed E-state index contributed by atoms with van der Waals surface area (Å²) in [5, 5.41) is 6.27. The van der Waals surface area contributed by atoms with Crippen molar-refractivity contribution < 1.29 is 22.7 Å². The number of alkyl halides is 3. The van der Waals surface area contributed by atoms with Crippen LogP contribution in [0, 0.1) is 11.3 Å². The molecule has 1 aromatic rings. The minimum atomic E-state index is -4.41. The van der Waals surface area contributed by atoms with Crippen molar-refractivity contribution in [1.82, 2.24) is 15.6 Å². The van der Waals surface area contributed by atoms with Crippen LogP contribution in [0.4, 0.5) is 13.2 Å². The number of halogens is 3. The molecule has 1 saturated heterocycles. The van der Waals surface area contributed by atoms with E-state index in [-0.39, 0.29) is 23.7 Å². The Labute approximate surface area is 144 Å². The van der Waals surface area contributed by atoms with Gasteiger partial charge >= 0.3 is 6.18 Å². The summed E-state index contributed by atoms with van der Waals surface area (Å²) in [6, 6.07) is 3.08. The van der Waals surface area contributed by atoms with Crippen LogP contribution in [0.15, 0.2) is 18.3 Å². The highest BCUT2D eigenvalue weighted by molar-refractivity contribution is 5.83. The van der Waals surface area contributed by atoms with Gasteiger partial charge in [0.05, 0.1) is 5.41 Å². The van der Waals surface area contributed by atoms with Gasteiger partial charge in [0.15, 0.2) is 6.61 Å². The van der Waals surface area contributed by atoms with Crippen molar-refractivity contribution in [2.24, 2.45) is 11.3 Å². The molecule has 1 aromatic heterocycles. The number of rotatable bonds is 5. The first-order chi connectivity index (χ1) is 11.9. The van der Waals surface area contributed by atoms with E-state index in [1.807, 2.05) is 0 Å². The molecule has 8 heteroatoms. The van der Waals surface area contributed by atoms with E-state index in [9.17, 15) is 18.0 Å². The molecule has 0 bridgehead atoms. The largest absolute Gasteiger partial charge is 0.468 e. The normalized spacial score (nSPS) is 26.1. The molecule has 5 nitrogen and oxygen atoms in total. The second kappa shape index (κ2) is 7.19. The van der Waals surface area contributed by atoms with Crippen LogP contribution < -0.4 is 15.4 Å². The van der Waals surface area contributed by atoms with Crippen LogP contribution in [0.25, 0.3) is 0 Å². The molecule has 2 heterocycles. The highest BCUT2D eigenvalue weighted by Gasteiger charge is 2.49. The lowest BCUT2D eigenvalue weighted by molar-refractivity contribution is -0.154. The monoisotopic (exact) mass is 357 g/mol. The number of carbonyl (C=O) groups excluding carboxylic acids is 1. The number of nitrogens with zero attached hydrogens (tertiary/aromatic N) is 1. The second-order valence-corrected chi connectivity index (χ2v) is 6.82. The van der Waals surface area contributed by atoms with Crippen molar-refractivity contribution in [3.05, 3.63) is 23.9 Å². The zero-order valence-corrected chi connectivity index (χ0v) is 13.9.